The van der Waals surface area contributed by atoms with E-state index in [0.29, 0.717) is 31.5 Å². The van der Waals surface area contributed by atoms with E-state index in [0.717, 1.165) is 24.1 Å². The summed E-state index contributed by atoms with van der Waals surface area (Å²) in [6, 6.07) is 13.6. The minimum absolute atomic E-state index is 0.0370. The number of likely N-dealkylation sites (tertiary alicyclic amines) is 1. The fraction of sp³-hybridized carbons (Fsp3) is 0.400. The van der Waals surface area contributed by atoms with E-state index in [1.54, 1.807) is 18.2 Å². The number of carbonyl (C=O) groups excluding carboxylic acids is 2. The number of likely N-dealkylation sites (N-methyl/N-ethyl adjacent to an activating group) is 1. The van der Waals surface area contributed by atoms with Gasteiger partial charge in [0, 0.05) is 31.6 Å². The fourth-order valence-corrected chi connectivity index (χ4v) is 4.55. The van der Waals surface area contributed by atoms with Crippen LogP contribution in [0, 0.1) is 11.2 Å². The summed E-state index contributed by atoms with van der Waals surface area (Å²) in [6.45, 7) is 1.57. The fourth-order valence-electron chi connectivity index (χ4n) is 4.55. The van der Waals surface area contributed by atoms with Crippen LogP contribution >= 0.6 is 0 Å². The van der Waals surface area contributed by atoms with E-state index in [-0.39, 0.29) is 30.3 Å². The number of cyclic esters (lactones) is 1. The molecule has 2 aliphatic heterocycles. The predicted octanol–water partition coefficient (Wildman–Crippen LogP) is 3.29. The molecule has 2 aromatic rings. The molecule has 176 valence electrons. The van der Waals surface area contributed by atoms with E-state index in [4.69, 9.17) is 14.6 Å². The number of piperidine rings is 1. The minimum Gasteiger partial charge on any atom is -0.483 e. The maximum atomic E-state index is 13.2. The van der Waals surface area contributed by atoms with Crippen molar-refractivity contribution < 1.29 is 28.6 Å². The highest BCUT2D eigenvalue weighted by atomic mass is 19.1. The lowest BCUT2D eigenvalue weighted by atomic mass is 9.76. The van der Waals surface area contributed by atoms with Crippen LogP contribution in [0.5, 0.6) is 0 Å². The van der Waals surface area contributed by atoms with Gasteiger partial charge in [-0.05, 0) is 62.3 Å². The van der Waals surface area contributed by atoms with Gasteiger partial charge >= 0.3 is 5.97 Å². The molecule has 4 rings (SSSR count). The number of halogens is 1. The molecule has 0 aliphatic carbocycles. The van der Waals surface area contributed by atoms with Crippen molar-refractivity contribution in [2.75, 3.05) is 33.7 Å². The summed E-state index contributed by atoms with van der Waals surface area (Å²) in [5.41, 5.74) is 1.89. The van der Waals surface area contributed by atoms with Crippen molar-refractivity contribution in [1.29, 1.82) is 0 Å². The normalized spacial score (nSPS) is 19.1. The van der Waals surface area contributed by atoms with Crippen molar-refractivity contribution in [3.05, 3.63) is 59.9 Å². The monoisotopic (exact) mass is 456 g/mol. The zero-order valence-corrected chi connectivity index (χ0v) is 18.9. The molecule has 8 heteroatoms. The Bertz CT molecular complexity index is 985. The Morgan fingerprint density at radius 2 is 1.82 bits per heavy atom. The summed E-state index contributed by atoms with van der Waals surface area (Å²) in [6.07, 6.45) is 1.94. The van der Waals surface area contributed by atoms with Crippen molar-refractivity contribution in [2.24, 2.45) is 5.41 Å². The van der Waals surface area contributed by atoms with Gasteiger partial charge in [-0.2, -0.15) is 0 Å². The van der Waals surface area contributed by atoms with Crippen LogP contribution in [-0.2, 0) is 14.3 Å². The molecule has 1 unspecified atom stereocenters. The SMILES string of the molecule is CN(C)CC1CC2(CCN(C(=O)c3cccc(-c4ccc(F)cc4)c3)CC2)C(=O)O1.O=CO. The van der Waals surface area contributed by atoms with Gasteiger partial charge in [0.1, 0.15) is 11.9 Å². The molecule has 1 amide bonds. The number of benzene rings is 2. The van der Waals surface area contributed by atoms with Crippen molar-refractivity contribution in [3.63, 3.8) is 0 Å². The maximum Gasteiger partial charge on any atom is 0.312 e. The first-order chi connectivity index (χ1) is 15.8. The second kappa shape index (κ2) is 10.6. The van der Waals surface area contributed by atoms with E-state index in [2.05, 4.69) is 0 Å². The molecule has 33 heavy (non-hydrogen) atoms. The van der Waals surface area contributed by atoms with Gasteiger partial charge in [0.15, 0.2) is 0 Å². The van der Waals surface area contributed by atoms with E-state index >= 15 is 0 Å². The number of ether oxygens (including phenoxy) is 1. The second-order valence-corrected chi connectivity index (χ2v) is 8.76. The van der Waals surface area contributed by atoms with Crippen molar-refractivity contribution in [1.82, 2.24) is 9.80 Å². The van der Waals surface area contributed by atoms with Gasteiger partial charge in [-0.1, -0.05) is 24.3 Å². The van der Waals surface area contributed by atoms with Gasteiger partial charge in [-0.25, -0.2) is 4.39 Å². The lowest BCUT2D eigenvalue weighted by Gasteiger charge is -2.36. The van der Waals surface area contributed by atoms with Crippen molar-refractivity contribution >= 4 is 18.3 Å². The molecule has 2 saturated heterocycles. The van der Waals surface area contributed by atoms with Crippen LogP contribution in [0.3, 0.4) is 0 Å². The van der Waals surface area contributed by atoms with Gasteiger partial charge in [0.2, 0.25) is 0 Å². The molecule has 0 radical (unpaired) electrons. The Hall–Kier alpha value is -3.26. The quantitative estimate of drug-likeness (QED) is 0.561. The van der Waals surface area contributed by atoms with Crippen molar-refractivity contribution in [2.45, 2.75) is 25.4 Å². The molecular formula is C25H29FN2O5. The first-order valence-electron chi connectivity index (χ1n) is 10.9. The number of hydrogen-bond donors (Lipinski definition) is 1. The number of hydrogen-bond acceptors (Lipinski definition) is 5. The van der Waals surface area contributed by atoms with Gasteiger partial charge in [-0.3, -0.25) is 14.4 Å². The third-order valence-electron chi connectivity index (χ3n) is 6.19. The number of rotatable bonds is 4. The van der Waals surface area contributed by atoms with Crippen LogP contribution in [0.15, 0.2) is 48.5 Å². The molecule has 1 N–H and O–H groups in total. The summed E-state index contributed by atoms with van der Waals surface area (Å²) in [4.78, 5) is 37.8. The van der Waals surface area contributed by atoms with Crippen LogP contribution in [0.4, 0.5) is 4.39 Å². The number of nitrogens with zero attached hydrogens (tertiary/aromatic N) is 2. The highest BCUT2D eigenvalue weighted by Crippen LogP contribution is 2.43. The smallest absolute Gasteiger partial charge is 0.312 e. The standard InChI is InChI=1S/C24H27FN2O3.CH2O2/c1-26(2)16-21-15-24(23(29)30-21)10-12-27(13-11-24)22(28)19-5-3-4-18(14-19)17-6-8-20(25)9-7-17;2-1-3/h3-9,14,21H,10-13,15-16H2,1-2H3;1H,(H,2,3). The molecule has 2 fully saturated rings. The van der Waals surface area contributed by atoms with Gasteiger partial charge in [0.05, 0.1) is 5.41 Å². The number of carbonyl (C=O) groups is 3. The zero-order chi connectivity index (χ0) is 24.0. The number of carboxylic acid groups (broad SMARTS) is 1. The summed E-state index contributed by atoms with van der Waals surface area (Å²) < 4.78 is 18.8. The lowest BCUT2D eigenvalue weighted by molar-refractivity contribution is -0.150. The number of esters is 1. The van der Waals surface area contributed by atoms with Crippen LogP contribution in [0.2, 0.25) is 0 Å². The van der Waals surface area contributed by atoms with E-state index in [1.807, 2.05) is 42.1 Å². The van der Waals surface area contributed by atoms with Crippen LogP contribution < -0.4 is 0 Å². The highest BCUT2D eigenvalue weighted by Gasteiger charge is 2.50. The molecule has 2 aromatic carbocycles. The molecular weight excluding hydrogens is 427 g/mol. The number of amides is 1. The molecule has 2 aliphatic rings. The molecule has 7 nitrogen and oxygen atoms in total. The highest BCUT2D eigenvalue weighted by molar-refractivity contribution is 5.95. The largest absolute Gasteiger partial charge is 0.483 e. The van der Waals surface area contributed by atoms with Gasteiger partial charge in [-0.15, -0.1) is 0 Å². The molecule has 1 spiro atoms. The molecule has 0 aromatic heterocycles. The van der Waals surface area contributed by atoms with Crippen molar-refractivity contribution in [3.8, 4) is 11.1 Å². The van der Waals surface area contributed by atoms with Crippen LogP contribution in [0.25, 0.3) is 11.1 Å². The average Bonchev–Trinajstić information content (AvgIpc) is 3.08. The Balaban J connectivity index is 0.000000968. The van der Waals surface area contributed by atoms with Gasteiger partial charge in [0.25, 0.3) is 12.4 Å². The zero-order valence-electron chi connectivity index (χ0n) is 18.9. The first-order valence-corrected chi connectivity index (χ1v) is 10.9. The van der Waals surface area contributed by atoms with Crippen LogP contribution in [-0.4, -0.2) is 73.1 Å². The second-order valence-electron chi connectivity index (χ2n) is 8.76. The van der Waals surface area contributed by atoms with E-state index in [9.17, 15) is 14.0 Å². The molecule has 0 bridgehead atoms. The topological polar surface area (TPSA) is 87.2 Å². The molecule has 2 heterocycles. The maximum absolute atomic E-state index is 13.2. The molecule has 1 atom stereocenters. The Morgan fingerprint density at radius 1 is 1.18 bits per heavy atom. The summed E-state index contributed by atoms with van der Waals surface area (Å²) >= 11 is 0. The van der Waals surface area contributed by atoms with E-state index < -0.39 is 5.41 Å². The summed E-state index contributed by atoms with van der Waals surface area (Å²) in [5.74, 6) is -0.434. The van der Waals surface area contributed by atoms with E-state index in [1.165, 1.54) is 12.1 Å². The van der Waals surface area contributed by atoms with Gasteiger partial charge < -0.3 is 19.6 Å². The Morgan fingerprint density at radius 3 is 2.42 bits per heavy atom. The average molecular weight is 457 g/mol. The Kier molecular flexibility index (Phi) is 7.81. The third kappa shape index (κ3) is 5.76. The lowest BCUT2D eigenvalue weighted by Crippen LogP contribution is -2.45. The summed E-state index contributed by atoms with van der Waals surface area (Å²) in [5, 5.41) is 6.89. The Labute approximate surface area is 192 Å². The first kappa shape index (κ1) is 24.4. The predicted molar refractivity (Wildman–Crippen MR) is 121 cm³/mol. The molecule has 0 saturated carbocycles. The van der Waals surface area contributed by atoms with Crippen LogP contribution in [0.1, 0.15) is 29.6 Å². The minimum atomic E-state index is -0.451. The summed E-state index contributed by atoms with van der Waals surface area (Å²) in [7, 11) is 3.94. The third-order valence-corrected chi connectivity index (χ3v) is 6.19.